The highest BCUT2D eigenvalue weighted by atomic mass is 16.6. The van der Waals surface area contributed by atoms with E-state index < -0.39 is 0 Å². The SMILES string of the molecule is C[C@H]1CC(=O)C[C@H]2CCN(C(=O)OCc3ccccc3)[C@@H]21. The Labute approximate surface area is 125 Å². The van der Waals surface area contributed by atoms with Gasteiger partial charge in [0.15, 0.2) is 0 Å². The van der Waals surface area contributed by atoms with Gasteiger partial charge in [-0.05, 0) is 23.8 Å². The normalized spacial score (nSPS) is 28.3. The number of Topliss-reactive ketones (excluding diaryl/α,β-unsaturated/α-hetero) is 1. The van der Waals surface area contributed by atoms with Gasteiger partial charge in [0.25, 0.3) is 0 Å². The van der Waals surface area contributed by atoms with Crippen molar-refractivity contribution in [2.45, 2.75) is 38.8 Å². The fourth-order valence-corrected chi connectivity index (χ4v) is 3.74. The quantitative estimate of drug-likeness (QED) is 0.840. The van der Waals surface area contributed by atoms with Gasteiger partial charge in [-0.3, -0.25) is 4.79 Å². The first kappa shape index (κ1) is 14.1. The lowest BCUT2D eigenvalue weighted by molar-refractivity contribution is -0.123. The second kappa shape index (κ2) is 5.88. The maximum Gasteiger partial charge on any atom is 0.410 e. The molecule has 1 aliphatic heterocycles. The Bertz CT molecular complexity index is 528. The topological polar surface area (TPSA) is 46.6 Å². The molecule has 1 amide bonds. The summed E-state index contributed by atoms with van der Waals surface area (Å²) in [6, 6.07) is 9.88. The number of rotatable bonds is 2. The Morgan fingerprint density at radius 1 is 1.29 bits per heavy atom. The molecule has 3 atom stereocenters. The van der Waals surface area contributed by atoms with Crippen LogP contribution in [0.15, 0.2) is 30.3 Å². The number of hydrogen-bond acceptors (Lipinski definition) is 3. The van der Waals surface area contributed by atoms with Crippen LogP contribution in [-0.4, -0.2) is 29.4 Å². The van der Waals surface area contributed by atoms with E-state index in [1.807, 2.05) is 35.2 Å². The highest BCUT2D eigenvalue weighted by Crippen LogP contribution is 2.38. The van der Waals surface area contributed by atoms with Crippen LogP contribution in [0.4, 0.5) is 4.79 Å². The predicted molar refractivity (Wildman–Crippen MR) is 78.6 cm³/mol. The zero-order valence-electron chi connectivity index (χ0n) is 12.3. The Morgan fingerprint density at radius 3 is 2.81 bits per heavy atom. The average Bonchev–Trinajstić information content (AvgIpc) is 2.90. The van der Waals surface area contributed by atoms with Gasteiger partial charge >= 0.3 is 6.09 Å². The smallest absolute Gasteiger partial charge is 0.410 e. The third-order valence-corrected chi connectivity index (χ3v) is 4.65. The second-order valence-corrected chi connectivity index (χ2v) is 6.20. The highest BCUT2D eigenvalue weighted by Gasteiger charge is 2.44. The number of benzene rings is 1. The molecule has 0 N–H and O–H groups in total. The van der Waals surface area contributed by atoms with Gasteiger partial charge in [0.05, 0.1) is 0 Å². The number of ether oxygens (including phenoxy) is 1. The molecule has 4 nitrogen and oxygen atoms in total. The number of hydrogen-bond donors (Lipinski definition) is 0. The van der Waals surface area contributed by atoms with Gasteiger partial charge in [0, 0.05) is 25.4 Å². The number of amides is 1. The molecule has 0 unspecified atom stereocenters. The Hall–Kier alpha value is -1.84. The molecule has 0 radical (unpaired) electrons. The van der Waals surface area contributed by atoms with Gasteiger partial charge in [-0.2, -0.15) is 0 Å². The van der Waals surface area contributed by atoms with Gasteiger partial charge in [0.1, 0.15) is 12.4 Å². The molecule has 0 spiro atoms. The zero-order chi connectivity index (χ0) is 14.8. The van der Waals surface area contributed by atoms with Crippen molar-refractivity contribution >= 4 is 11.9 Å². The van der Waals surface area contributed by atoms with Gasteiger partial charge in [0.2, 0.25) is 0 Å². The molecule has 0 bridgehead atoms. The summed E-state index contributed by atoms with van der Waals surface area (Å²) in [6.07, 6.45) is 1.88. The highest BCUT2D eigenvalue weighted by molar-refractivity contribution is 5.80. The van der Waals surface area contributed by atoms with Crippen molar-refractivity contribution < 1.29 is 14.3 Å². The number of carbonyl (C=O) groups excluding carboxylic acids is 2. The molecule has 112 valence electrons. The van der Waals surface area contributed by atoms with Crippen LogP contribution in [-0.2, 0) is 16.1 Å². The van der Waals surface area contributed by atoms with Crippen LogP contribution in [0, 0.1) is 11.8 Å². The van der Waals surface area contributed by atoms with E-state index in [4.69, 9.17) is 4.74 Å². The maximum absolute atomic E-state index is 12.3. The Balaban J connectivity index is 1.61. The molecule has 3 rings (SSSR count). The summed E-state index contributed by atoms with van der Waals surface area (Å²) >= 11 is 0. The monoisotopic (exact) mass is 287 g/mol. The fourth-order valence-electron chi connectivity index (χ4n) is 3.74. The van der Waals surface area contributed by atoms with Crippen LogP contribution >= 0.6 is 0 Å². The average molecular weight is 287 g/mol. The largest absolute Gasteiger partial charge is 0.445 e. The molecule has 4 heteroatoms. The van der Waals surface area contributed by atoms with E-state index in [0.717, 1.165) is 12.0 Å². The van der Waals surface area contributed by atoms with E-state index in [-0.39, 0.29) is 18.1 Å². The summed E-state index contributed by atoms with van der Waals surface area (Å²) in [7, 11) is 0. The molecule has 1 aromatic rings. The molecule has 1 saturated heterocycles. The van der Waals surface area contributed by atoms with E-state index in [9.17, 15) is 9.59 Å². The van der Waals surface area contributed by atoms with E-state index in [1.165, 1.54) is 0 Å². The third-order valence-electron chi connectivity index (χ3n) is 4.65. The predicted octanol–water partition coefficient (Wildman–Crippen LogP) is 3.01. The number of ketones is 1. The van der Waals surface area contributed by atoms with Gasteiger partial charge in [-0.1, -0.05) is 37.3 Å². The van der Waals surface area contributed by atoms with Crippen molar-refractivity contribution in [1.29, 1.82) is 0 Å². The summed E-state index contributed by atoms with van der Waals surface area (Å²) in [5, 5.41) is 0. The minimum Gasteiger partial charge on any atom is -0.445 e. The van der Waals surface area contributed by atoms with Crippen molar-refractivity contribution in [3.63, 3.8) is 0 Å². The summed E-state index contributed by atoms with van der Waals surface area (Å²) in [5.41, 5.74) is 0.994. The first-order valence-electron chi connectivity index (χ1n) is 7.64. The number of likely N-dealkylation sites (tertiary alicyclic amines) is 1. The molecular formula is C17H21NO3. The lowest BCUT2D eigenvalue weighted by atomic mass is 9.78. The van der Waals surface area contributed by atoms with Crippen molar-refractivity contribution in [2.24, 2.45) is 11.8 Å². The van der Waals surface area contributed by atoms with Crippen LogP contribution in [0.25, 0.3) is 0 Å². The summed E-state index contributed by atoms with van der Waals surface area (Å²) in [6.45, 7) is 3.08. The van der Waals surface area contributed by atoms with Crippen molar-refractivity contribution in [3.8, 4) is 0 Å². The van der Waals surface area contributed by atoms with Gasteiger partial charge in [-0.25, -0.2) is 4.79 Å². The first-order valence-corrected chi connectivity index (χ1v) is 7.64. The van der Waals surface area contributed by atoms with Crippen LogP contribution in [0.1, 0.15) is 31.7 Å². The number of fused-ring (bicyclic) bond motifs is 1. The van der Waals surface area contributed by atoms with Crippen LogP contribution in [0.5, 0.6) is 0 Å². The molecule has 1 aromatic carbocycles. The van der Waals surface area contributed by atoms with Gasteiger partial charge in [-0.15, -0.1) is 0 Å². The standard InChI is InChI=1S/C17H21NO3/c1-12-9-15(19)10-14-7-8-18(16(12)14)17(20)21-11-13-5-3-2-4-6-13/h2-6,12,14,16H,7-11H2,1H3/t12-,14+,16+/m0/s1. The Kier molecular flexibility index (Phi) is 3.95. The molecule has 1 heterocycles. The maximum atomic E-state index is 12.3. The van der Waals surface area contributed by atoms with Crippen molar-refractivity contribution in [2.75, 3.05) is 6.54 Å². The zero-order valence-corrected chi connectivity index (χ0v) is 12.3. The molecule has 2 fully saturated rings. The molecule has 2 aliphatic rings. The van der Waals surface area contributed by atoms with Crippen molar-refractivity contribution in [1.82, 2.24) is 4.90 Å². The lowest BCUT2D eigenvalue weighted by Gasteiger charge is -2.35. The lowest BCUT2D eigenvalue weighted by Crippen LogP contribution is -2.45. The molecule has 21 heavy (non-hydrogen) atoms. The fraction of sp³-hybridized carbons (Fsp3) is 0.529. The minimum atomic E-state index is -0.243. The van der Waals surface area contributed by atoms with Crippen molar-refractivity contribution in [3.05, 3.63) is 35.9 Å². The van der Waals surface area contributed by atoms with Crippen LogP contribution < -0.4 is 0 Å². The Morgan fingerprint density at radius 2 is 2.05 bits per heavy atom. The summed E-state index contributed by atoms with van der Waals surface area (Å²) in [4.78, 5) is 25.8. The van der Waals surface area contributed by atoms with Crippen LogP contribution in [0.3, 0.4) is 0 Å². The molecule has 0 aromatic heterocycles. The molecule has 1 aliphatic carbocycles. The van der Waals surface area contributed by atoms with Crippen LogP contribution in [0.2, 0.25) is 0 Å². The second-order valence-electron chi connectivity index (χ2n) is 6.20. The van der Waals surface area contributed by atoms with E-state index >= 15 is 0 Å². The van der Waals surface area contributed by atoms with Gasteiger partial charge < -0.3 is 9.64 Å². The first-order chi connectivity index (χ1) is 10.1. The molecular weight excluding hydrogens is 266 g/mol. The summed E-state index contributed by atoms with van der Waals surface area (Å²) < 4.78 is 5.44. The molecule has 1 saturated carbocycles. The van der Waals surface area contributed by atoms with E-state index in [0.29, 0.717) is 37.7 Å². The number of carbonyl (C=O) groups is 2. The summed E-state index contributed by atoms with van der Waals surface area (Å²) in [5.74, 6) is 0.900. The van der Waals surface area contributed by atoms with E-state index in [1.54, 1.807) is 0 Å². The minimum absolute atomic E-state index is 0.172. The third kappa shape index (κ3) is 2.94. The number of nitrogens with zero attached hydrogens (tertiary/aromatic N) is 1. The van der Waals surface area contributed by atoms with E-state index in [2.05, 4.69) is 6.92 Å².